The van der Waals surface area contributed by atoms with E-state index in [2.05, 4.69) is 11.1 Å². The van der Waals surface area contributed by atoms with Crippen molar-refractivity contribution >= 4 is 28.9 Å². The van der Waals surface area contributed by atoms with E-state index in [1.54, 1.807) is 6.08 Å². The maximum Gasteiger partial charge on any atom is 0.260 e. The molecule has 1 aliphatic rings. The lowest BCUT2D eigenvalue weighted by atomic mass is 10.1. The molecule has 3 rings (SSSR count). The van der Waals surface area contributed by atoms with Crippen LogP contribution in [0.4, 0.5) is 0 Å². The van der Waals surface area contributed by atoms with E-state index in [-0.39, 0.29) is 12.5 Å². The number of benzene rings is 1. The number of rotatable bonds is 5. The van der Waals surface area contributed by atoms with Crippen molar-refractivity contribution < 1.29 is 9.53 Å². The van der Waals surface area contributed by atoms with Crippen LogP contribution in [-0.2, 0) is 4.79 Å². The molecule has 1 aromatic carbocycles. The molecule has 1 fully saturated rings. The first kappa shape index (κ1) is 17.2. The van der Waals surface area contributed by atoms with Gasteiger partial charge in [0.25, 0.3) is 5.91 Å². The Balaban J connectivity index is 1.77. The molecular formula is C19H19N3O2S. The Morgan fingerprint density at radius 2 is 2.16 bits per heavy atom. The molecule has 1 saturated heterocycles. The molecule has 0 spiro atoms. The van der Waals surface area contributed by atoms with Crippen molar-refractivity contribution in [3.8, 4) is 11.8 Å². The summed E-state index contributed by atoms with van der Waals surface area (Å²) in [5.74, 6) is 0.600. The number of nitrogens with zero attached hydrogens (tertiary/aromatic N) is 3. The van der Waals surface area contributed by atoms with Gasteiger partial charge in [0.1, 0.15) is 16.8 Å². The second-order valence-corrected chi connectivity index (χ2v) is 6.74. The number of hydrogen-bond donors (Lipinski definition) is 0. The summed E-state index contributed by atoms with van der Waals surface area (Å²) < 4.78 is 5.74. The summed E-state index contributed by atoms with van der Waals surface area (Å²) in [5.41, 5.74) is 2.14. The molecule has 5 nitrogen and oxygen atoms in total. The summed E-state index contributed by atoms with van der Waals surface area (Å²) in [6, 6.07) is 9.61. The van der Waals surface area contributed by atoms with E-state index in [4.69, 9.17) is 4.74 Å². The molecule has 2 aromatic rings. The van der Waals surface area contributed by atoms with Crippen molar-refractivity contribution in [2.24, 2.45) is 0 Å². The SMILES string of the molecule is Cc1csc(/C(C#N)=C/c2ccccc2OCC(=O)N2CCCC2)n1. The number of ether oxygens (including phenoxy) is 1. The second kappa shape index (κ2) is 7.95. The summed E-state index contributed by atoms with van der Waals surface area (Å²) in [6.07, 6.45) is 3.88. The number of aryl methyl sites for hydroxylation is 1. The van der Waals surface area contributed by atoms with Crippen molar-refractivity contribution in [3.63, 3.8) is 0 Å². The molecule has 1 aliphatic heterocycles. The van der Waals surface area contributed by atoms with Gasteiger partial charge >= 0.3 is 0 Å². The molecule has 0 saturated carbocycles. The van der Waals surface area contributed by atoms with Crippen molar-refractivity contribution in [1.29, 1.82) is 5.26 Å². The highest BCUT2D eigenvalue weighted by Crippen LogP contribution is 2.26. The van der Waals surface area contributed by atoms with E-state index in [0.29, 0.717) is 16.3 Å². The smallest absolute Gasteiger partial charge is 0.260 e. The molecule has 0 radical (unpaired) electrons. The van der Waals surface area contributed by atoms with E-state index in [0.717, 1.165) is 37.2 Å². The van der Waals surface area contributed by atoms with Crippen LogP contribution in [0.25, 0.3) is 11.6 Å². The molecule has 0 unspecified atom stereocenters. The van der Waals surface area contributed by atoms with Gasteiger partial charge in [-0.3, -0.25) is 4.79 Å². The van der Waals surface area contributed by atoms with Crippen LogP contribution in [0, 0.1) is 18.3 Å². The fourth-order valence-corrected chi connectivity index (χ4v) is 3.47. The summed E-state index contributed by atoms with van der Waals surface area (Å²) in [6.45, 7) is 3.54. The second-order valence-electron chi connectivity index (χ2n) is 5.88. The third-order valence-corrected chi connectivity index (χ3v) is 4.99. The molecule has 0 bridgehead atoms. The van der Waals surface area contributed by atoms with E-state index < -0.39 is 0 Å². The third-order valence-electron chi connectivity index (χ3n) is 4.00. The van der Waals surface area contributed by atoms with Crippen LogP contribution in [0.2, 0.25) is 0 Å². The predicted octanol–water partition coefficient (Wildman–Crippen LogP) is 3.52. The van der Waals surface area contributed by atoms with Gasteiger partial charge in [0.05, 0.1) is 5.57 Å². The van der Waals surface area contributed by atoms with Crippen LogP contribution < -0.4 is 4.74 Å². The van der Waals surface area contributed by atoms with E-state index in [1.165, 1.54) is 11.3 Å². The number of amides is 1. The van der Waals surface area contributed by atoms with E-state index >= 15 is 0 Å². The Kier molecular flexibility index (Phi) is 5.46. The predicted molar refractivity (Wildman–Crippen MR) is 98.1 cm³/mol. The van der Waals surface area contributed by atoms with E-state index in [1.807, 2.05) is 41.5 Å². The zero-order chi connectivity index (χ0) is 17.6. The standard InChI is InChI=1S/C19H19N3O2S/c1-14-13-25-19(21-14)16(11-20)10-15-6-2-3-7-17(15)24-12-18(23)22-8-4-5-9-22/h2-3,6-7,10,13H,4-5,8-9,12H2,1H3/b16-10+. The van der Waals surface area contributed by atoms with Gasteiger partial charge in [-0.2, -0.15) is 5.26 Å². The highest BCUT2D eigenvalue weighted by atomic mass is 32.1. The first-order chi connectivity index (χ1) is 12.2. The minimum absolute atomic E-state index is 0.00679. The zero-order valence-corrected chi connectivity index (χ0v) is 14.9. The van der Waals surface area contributed by atoms with E-state index in [9.17, 15) is 10.1 Å². The monoisotopic (exact) mass is 353 g/mol. The summed E-state index contributed by atoms with van der Waals surface area (Å²) in [7, 11) is 0. The highest BCUT2D eigenvalue weighted by molar-refractivity contribution is 7.11. The van der Waals surface area contributed by atoms with Gasteiger partial charge in [0.15, 0.2) is 6.61 Å². The molecule has 1 amide bonds. The van der Waals surface area contributed by atoms with Gasteiger partial charge in [0.2, 0.25) is 0 Å². The lowest BCUT2D eigenvalue weighted by Crippen LogP contribution is -2.32. The van der Waals surface area contributed by atoms with Crippen LogP contribution in [0.5, 0.6) is 5.75 Å². The van der Waals surface area contributed by atoms with Crippen molar-refractivity contribution in [3.05, 3.63) is 45.9 Å². The van der Waals surface area contributed by atoms with Crippen LogP contribution in [-0.4, -0.2) is 35.5 Å². The molecular weight excluding hydrogens is 334 g/mol. The Morgan fingerprint density at radius 3 is 2.84 bits per heavy atom. The number of likely N-dealkylation sites (tertiary alicyclic amines) is 1. The molecule has 0 aliphatic carbocycles. The minimum atomic E-state index is 0.00679. The Morgan fingerprint density at radius 1 is 1.40 bits per heavy atom. The normalized spacial score (nSPS) is 14.4. The number of thiazole rings is 1. The average molecular weight is 353 g/mol. The molecule has 1 aromatic heterocycles. The maximum absolute atomic E-state index is 12.2. The Bertz CT molecular complexity index is 829. The fraction of sp³-hybridized carbons (Fsp3) is 0.316. The van der Waals surface area contributed by atoms with Gasteiger partial charge in [-0.05, 0) is 31.9 Å². The molecule has 0 atom stereocenters. The number of carbonyl (C=O) groups is 1. The minimum Gasteiger partial charge on any atom is -0.483 e. The largest absolute Gasteiger partial charge is 0.483 e. The lowest BCUT2D eigenvalue weighted by Gasteiger charge is -2.16. The van der Waals surface area contributed by atoms with Crippen LogP contribution in [0.3, 0.4) is 0 Å². The van der Waals surface area contributed by atoms with Gasteiger partial charge < -0.3 is 9.64 Å². The fourth-order valence-electron chi connectivity index (χ4n) is 2.70. The Hall–Kier alpha value is -2.65. The topological polar surface area (TPSA) is 66.2 Å². The van der Waals surface area contributed by atoms with Crippen LogP contribution >= 0.6 is 11.3 Å². The number of aromatic nitrogens is 1. The maximum atomic E-state index is 12.2. The number of nitriles is 1. The van der Waals surface area contributed by atoms with Gasteiger partial charge in [-0.15, -0.1) is 11.3 Å². The highest BCUT2D eigenvalue weighted by Gasteiger charge is 2.18. The molecule has 2 heterocycles. The summed E-state index contributed by atoms with van der Waals surface area (Å²) in [4.78, 5) is 18.3. The summed E-state index contributed by atoms with van der Waals surface area (Å²) >= 11 is 1.44. The lowest BCUT2D eigenvalue weighted by molar-refractivity contribution is -0.132. The molecule has 6 heteroatoms. The third kappa shape index (κ3) is 4.25. The van der Waals surface area contributed by atoms with Crippen LogP contribution in [0.1, 0.15) is 29.1 Å². The quantitative estimate of drug-likeness (QED) is 0.772. The average Bonchev–Trinajstić information content (AvgIpc) is 3.30. The molecule has 0 N–H and O–H groups in total. The van der Waals surface area contributed by atoms with Crippen LogP contribution in [0.15, 0.2) is 29.6 Å². The molecule has 25 heavy (non-hydrogen) atoms. The molecule has 128 valence electrons. The first-order valence-electron chi connectivity index (χ1n) is 8.21. The zero-order valence-electron chi connectivity index (χ0n) is 14.1. The van der Waals surface area contributed by atoms with Crippen molar-refractivity contribution in [1.82, 2.24) is 9.88 Å². The number of hydrogen-bond acceptors (Lipinski definition) is 5. The van der Waals surface area contributed by atoms with Gasteiger partial charge in [0, 0.05) is 29.7 Å². The van der Waals surface area contributed by atoms with Crippen molar-refractivity contribution in [2.45, 2.75) is 19.8 Å². The van der Waals surface area contributed by atoms with Gasteiger partial charge in [-0.25, -0.2) is 4.98 Å². The first-order valence-corrected chi connectivity index (χ1v) is 9.09. The Labute approximate surface area is 151 Å². The van der Waals surface area contributed by atoms with Crippen molar-refractivity contribution in [2.75, 3.05) is 19.7 Å². The summed E-state index contributed by atoms with van der Waals surface area (Å²) in [5, 5.41) is 12.0. The van der Waals surface area contributed by atoms with Gasteiger partial charge in [-0.1, -0.05) is 18.2 Å². The number of para-hydroxylation sites is 1. The number of allylic oxidation sites excluding steroid dienone is 1. The number of carbonyl (C=O) groups excluding carboxylic acids is 1.